The Morgan fingerprint density at radius 2 is 2.06 bits per heavy atom. The van der Waals surface area contributed by atoms with Crippen LogP contribution in [0.15, 0.2) is 24.3 Å². The minimum Gasteiger partial charge on any atom is -0.491 e. The van der Waals surface area contributed by atoms with Crippen molar-refractivity contribution in [2.24, 2.45) is 0 Å². The molecular weight excluding hydrogens is 298 g/mol. The highest BCUT2D eigenvalue weighted by Crippen LogP contribution is 2.23. The Morgan fingerprint density at radius 3 is 2.72 bits per heavy atom. The van der Waals surface area contributed by atoms with Crippen LogP contribution in [-0.2, 0) is 9.59 Å². The fourth-order valence-electron chi connectivity index (χ4n) is 1.33. The van der Waals surface area contributed by atoms with Crippen molar-refractivity contribution in [1.82, 2.24) is 0 Å². The Hall–Kier alpha value is -1.36. The molecule has 0 aliphatic carbocycles. The van der Waals surface area contributed by atoms with Gasteiger partial charge in [0.25, 0.3) is 0 Å². The first-order chi connectivity index (χ1) is 8.67. The van der Waals surface area contributed by atoms with E-state index in [-0.39, 0.29) is 23.4 Å². The molecule has 0 aliphatic heterocycles. The second-order valence-corrected chi connectivity index (χ2v) is 4.30. The molecule has 0 spiro atoms. The van der Waals surface area contributed by atoms with Crippen LogP contribution in [0.3, 0.4) is 0 Å². The molecule has 1 aromatic rings. The van der Waals surface area contributed by atoms with Crippen molar-refractivity contribution in [1.29, 1.82) is 0 Å². The molecular formula is C13H16BrNO3. The minimum atomic E-state index is -0.327. The van der Waals surface area contributed by atoms with Crippen LogP contribution >= 0.6 is 15.9 Å². The zero-order valence-electron chi connectivity index (χ0n) is 10.2. The van der Waals surface area contributed by atoms with Gasteiger partial charge in [-0.25, -0.2) is 0 Å². The summed E-state index contributed by atoms with van der Waals surface area (Å²) in [5, 5.41) is 2.87. The number of alkyl halides is 1. The van der Waals surface area contributed by atoms with Gasteiger partial charge in [0, 0.05) is 0 Å². The van der Waals surface area contributed by atoms with Crippen LogP contribution in [0.5, 0.6) is 5.75 Å². The quantitative estimate of drug-likeness (QED) is 0.622. The first kappa shape index (κ1) is 14.7. The fraction of sp³-hybridized carbons (Fsp3) is 0.385. The number of benzene rings is 1. The van der Waals surface area contributed by atoms with Crippen LogP contribution in [0.2, 0.25) is 0 Å². The van der Waals surface area contributed by atoms with Gasteiger partial charge >= 0.3 is 0 Å². The summed E-state index contributed by atoms with van der Waals surface area (Å²) in [6.07, 6.45) is 0.762. The predicted octanol–water partition coefficient (Wildman–Crippen LogP) is 2.77. The van der Waals surface area contributed by atoms with Crippen molar-refractivity contribution in [3.63, 3.8) is 0 Å². The Kier molecular flexibility index (Phi) is 6.43. The summed E-state index contributed by atoms with van der Waals surface area (Å²) in [7, 11) is 0. The summed E-state index contributed by atoms with van der Waals surface area (Å²) < 4.78 is 5.51. The normalized spacial score (nSPS) is 9.89. The maximum absolute atomic E-state index is 11.6. The van der Waals surface area contributed by atoms with Gasteiger partial charge in [0.15, 0.2) is 5.78 Å². The molecule has 0 aromatic heterocycles. The number of Topliss-reactive ketones (excluding diaryl/α,β-unsaturated/α-hetero) is 1. The zero-order valence-corrected chi connectivity index (χ0v) is 11.8. The molecule has 0 heterocycles. The number of anilines is 1. The number of para-hydroxylation sites is 2. The Morgan fingerprint density at radius 1 is 1.33 bits per heavy atom. The van der Waals surface area contributed by atoms with Crippen LogP contribution in [-0.4, -0.2) is 23.6 Å². The van der Waals surface area contributed by atoms with Crippen LogP contribution in [0.25, 0.3) is 0 Å². The van der Waals surface area contributed by atoms with E-state index in [4.69, 9.17) is 4.74 Å². The molecule has 1 N–H and O–H groups in total. The van der Waals surface area contributed by atoms with Crippen molar-refractivity contribution >= 4 is 33.3 Å². The summed E-state index contributed by atoms with van der Waals surface area (Å²) in [6.45, 7) is 2.60. The third-order valence-corrected chi connectivity index (χ3v) is 2.76. The summed E-state index contributed by atoms with van der Waals surface area (Å²) >= 11 is 3.02. The number of hydrogen-bond donors (Lipinski definition) is 1. The fourth-order valence-corrected chi connectivity index (χ4v) is 1.53. The Bertz CT molecular complexity index is 420. The van der Waals surface area contributed by atoms with Crippen LogP contribution < -0.4 is 10.1 Å². The molecule has 0 aliphatic rings. The minimum absolute atomic E-state index is 0.132. The number of nitrogens with one attached hydrogen (secondary N) is 1. The highest BCUT2D eigenvalue weighted by atomic mass is 79.9. The molecule has 0 atom stereocenters. The average Bonchev–Trinajstić information content (AvgIpc) is 2.37. The maximum atomic E-state index is 11.6. The van der Waals surface area contributed by atoms with E-state index in [9.17, 15) is 9.59 Å². The zero-order chi connectivity index (χ0) is 13.4. The van der Waals surface area contributed by atoms with E-state index in [2.05, 4.69) is 21.2 Å². The number of carbonyl (C=O) groups excluding carboxylic acids is 2. The van der Waals surface area contributed by atoms with E-state index in [1.54, 1.807) is 18.2 Å². The van der Waals surface area contributed by atoms with Crippen molar-refractivity contribution < 1.29 is 14.3 Å². The lowest BCUT2D eigenvalue weighted by Gasteiger charge is -2.11. The molecule has 0 unspecified atom stereocenters. The van der Waals surface area contributed by atoms with Gasteiger partial charge in [0.1, 0.15) is 5.75 Å². The van der Waals surface area contributed by atoms with Gasteiger partial charge in [0.05, 0.1) is 24.0 Å². The molecule has 1 rings (SSSR count). The van der Waals surface area contributed by atoms with Crippen molar-refractivity contribution in [3.8, 4) is 5.75 Å². The lowest BCUT2D eigenvalue weighted by atomic mass is 10.2. The summed E-state index contributed by atoms with van der Waals surface area (Å²) in [5.41, 5.74) is 0.596. The summed E-state index contributed by atoms with van der Waals surface area (Å²) in [6, 6.07) is 7.18. The second kappa shape index (κ2) is 7.87. The van der Waals surface area contributed by atoms with Gasteiger partial charge < -0.3 is 10.1 Å². The SMILES string of the molecule is CCCOc1ccccc1NC(=O)CC(=O)CBr. The topological polar surface area (TPSA) is 55.4 Å². The molecule has 0 saturated carbocycles. The summed E-state index contributed by atoms with van der Waals surface area (Å²) in [4.78, 5) is 22.7. The smallest absolute Gasteiger partial charge is 0.231 e. The van der Waals surface area contributed by atoms with E-state index in [1.807, 2.05) is 13.0 Å². The van der Waals surface area contributed by atoms with E-state index in [0.717, 1.165) is 6.42 Å². The molecule has 0 saturated heterocycles. The number of ether oxygens (including phenoxy) is 1. The number of rotatable bonds is 7. The highest BCUT2D eigenvalue weighted by molar-refractivity contribution is 9.09. The second-order valence-electron chi connectivity index (χ2n) is 3.74. The molecule has 1 amide bonds. The van der Waals surface area contributed by atoms with Gasteiger partial charge in [-0.3, -0.25) is 9.59 Å². The molecule has 0 bridgehead atoms. The van der Waals surface area contributed by atoms with Crippen LogP contribution in [0.4, 0.5) is 5.69 Å². The van der Waals surface area contributed by atoms with Crippen molar-refractivity contribution in [2.75, 3.05) is 17.3 Å². The third-order valence-electron chi connectivity index (χ3n) is 2.13. The number of amides is 1. The molecule has 98 valence electrons. The van der Waals surface area contributed by atoms with E-state index in [1.165, 1.54) is 0 Å². The van der Waals surface area contributed by atoms with E-state index >= 15 is 0 Å². The van der Waals surface area contributed by atoms with Crippen LogP contribution in [0.1, 0.15) is 19.8 Å². The predicted molar refractivity (Wildman–Crippen MR) is 74.3 cm³/mol. The first-order valence-corrected chi connectivity index (χ1v) is 6.88. The monoisotopic (exact) mass is 313 g/mol. The van der Waals surface area contributed by atoms with Crippen molar-refractivity contribution in [2.45, 2.75) is 19.8 Å². The lowest BCUT2D eigenvalue weighted by molar-refractivity contribution is -0.123. The van der Waals surface area contributed by atoms with Crippen molar-refractivity contribution in [3.05, 3.63) is 24.3 Å². The largest absolute Gasteiger partial charge is 0.491 e. The number of halogens is 1. The maximum Gasteiger partial charge on any atom is 0.231 e. The third kappa shape index (κ3) is 4.87. The van der Waals surface area contributed by atoms with Gasteiger partial charge in [-0.15, -0.1) is 0 Å². The van der Waals surface area contributed by atoms with Crippen LogP contribution in [0, 0.1) is 0 Å². The van der Waals surface area contributed by atoms with E-state index in [0.29, 0.717) is 18.0 Å². The molecule has 18 heavy (non-hydrogen) atoms. The standard InChI is InChI=1S/C13H16BrNO3/c1-2-7-18-12-6-4-3-5-11(12)15-13(17)8-10(16)9-14/h3-6H,2,7-9H2,1H3,(H,15,17). The first-order valence-electron chi connectivity index (χ1n) is 5.76. The molecule has 4 nitrogen and oxygen atoms in total. The van der Waals surface area contributed by atoms with Gasteiger partial charge in [0.2, 0.25) is 5.91 Å². The molecule has 0 fully saturated rings. The Labute approximate surface area is 115 Å². The highest BCUT2D eigenvalue weighted by Gasteiger charge is 2.10. The lowest BCUT2D eigenvalue weighted by Crippen LogP contribution is -2.17. The molecule has 5 heteroatoms. The number of hydrogen-bond acceptors (Lipinski definition) is 3. The van der Waals surface area contributed by atoms with Gasteiger partial charge in [-0.05, 0) is 18.6 Å². The molecule has 1 aromatic carbocycles. The summed E-state index contributed by atoms with van der Waals surface area (Å²) in [5.74, 6) is 0.144. The van der Waals surface area contributed by atoms with E-state index < -0.39 is 0 Å². The Balaban J connectivity index is 2.65. The molecule has 0 radical (unpaired) electrons. The number of ketones is 1. The van der Waals surface area contributed by atoms with Gasteiger partial charge in [-0.1, -0.05) is 35.0 Å². The van der Waals surface area contributed by atoms with Gasteiger partial charge in [-0.2, -0.15) is 0 Å². The number of carbonyl (C=O) groups is 2. The average molecular weight is 314 g/mol.